The van der Waals surface area contributed by atoms with Crippen LogP contribution in [0.4, 0.5) is 10.2 Å². The number of ether oxygens (including phenoxy) is 1. The van der Waals surface area contributed by atoms with Crippen molar-refractivity contribution in [3.8, 4) is 0 Å². The lowest BCUT2D eigenvalue weighted by Crippen LogP contribution is -2.33. The fraction of sp³-hybridized carbons (Fsp3) is 0.688. The molecule has 1 unspecified atom stereocenters. The van der Waals surface area contributed by atoms with Crippen LogP contribution in [0.25, 0.3) is 11.0 Å². The fourth-order valence-corrected chi connectivity index (χ4v) is 4.27. The number of alkyl halides is 1. The van der Waals surface area contributed by atoms with Crippen LogP contribution in [0.3, 0.4) is 0 Å². The van der Waals surface area contributed by atoms with Gasteiger partial charge in [-0.3, -0.25) is 0 Å². The van der Waals surface area contributed by atoms with E-state index < -0.39 is 20.3 Å². The number of halogens is 2. The molecule has 26 heavy (non-hydrogen) atoms. The number of nitrogens with one attached hydrogen (secondary N) is 1. The molecular formula is C16H25BrFN5O2Si. The van der Waals surface area contributed by atoms with Gasteiger partial charge in [0.2, 0.25) is 0 Å². The molecule has 3 atom stereocenters. The first-order chi connectivity index (χ1) is 12.3. The number of fused-ring (bicyclic) bond motifs is 1. The maximum absolute atomic E-state index is 13.6. The Morgan fingerprint density at radius 3 is 2.81 bits per heavy atom. The Bertz CT molecular complexity index is 769. The molecule has 0 amide bonds. The fourth-order valence-electron chi connectivity index (χ4n) is 2.96. The maximum Gasteiger partial charge on any atom is 0.166 e. The number of hydrogen-bond acceptors (Lipinski definition) is 6. The van der Waals surface area contributed by atoms with Crippen molar-refractivity contribution in [1.29, 1.82) is 0 Å². The van der Waals surface area contributed by atoms with Crippen LogP contribution in [0.15, 0.2) is 10.9 Å². The van der Waals surface area contributed by atoms with Crippen molar-refractivity contribution in [3.63, 3.8) is 0 Å². The predicted molar refractivity (Wildman–Crippen MR) is 105 cm³/mol. The molecule has 1 aliphatic carbocycles. The molecule has 3 rings (SSSR count). The molecule has 0 spiro atoms. The van der Waals surface area contributed by atoms with Gasteiger partial charge in [-0.25, -0.2) is 19.0 Å². The normalized spacial score (nSPS) is 23.7. The van der Waals surface area contributed by atoms with E-state index in [0.29, 0.717) is 47.6 Å². The van der Waals surface area contributed by atoms with Gasteiger partial charge in [0.1, 0.15) is 35.8 Å². The summed E-state index contributed by atoms with van der Waals surface area (Å²) in [6.45, 7) is 7.92. The van der Waals surface area contributed by atoms with Crippen LogP contribution in [0.5, 0.6) is 0 Å². The van der Waals surface area contributed by atoms with Gasteiger partial charge in [-0.2, -0.15) is 5.10 Å². The molecule has 144 valence electrons. The second kappa shape index (κ2) is 7.87. The third-order valence-corrected chi connectivity index (χ3v) is 6.81. The highest BCUT2D eigenvalue weighted by Crippen LogP contribution is 2.31. The van der Waals surface area contributed by atoms with Gasteiger partial charge in [0, 0.05) is 14.7 Å². The van der Waals surface area contributed by atoms with Crippen molar-refractivity contribution >= 4 is 40.9 Å². The number of anilines is 1. The summed E-state index contributed by atoms with van der Waals surface area (Å²) in [4.78, 5) is 8.57. The Labute approximate surface area is 161 Å². The first kappa shape index (κ1) is 19.7. The lowest BCUT2D eigenvalue weighted by Gasteiger charge is -2.18. The molecule has 2 heterocycles. The van der Waals surface area contributed by atoms with E-state index in [-0.39, 0.29) is 6.04 Å². The number of rotatable bonds is 7. The summed E-state index contributed by atoms with van der Waals surface area (Å²) < 4.78 is 21.6. The molecule has 0 bridgehead atoms. The highest BCUT2D eigenvalue weighted by molar-refractivity contribution is 9.10. The minimum atomic E-state index is -1.20. The highest BCUT2D eigenvalue weighted by Gasteiger charge is 2.35. The third kappa shape index (κ3) is 4.41. The molecule has 7 nitrogen and oxygen atoms in total. The van der Waals surface area contributed by atoms with E-state index in [1.165, 1.54) is 6.33 Å². The number of aromatic nitrogens is 4. The maximum atomic E-state index is 13.6. The van der Waals surface area contributed by atoms with E-state index in [1.807, 2.05) is 0 Å². The van der Waals surface area contributed by atoms with Crippen LogP contribution in [-0.4, -0.2) is 57.9 Å². The van der Waals surface area contributed by atoms with Gasteiger partial charge >= 0.3 is 0 Å². The average molecular weight is 446 g/mol. The predicted octanol–water partition coefficient (Wildman–Crippen LogP) is 3.17. The standard InChI is InChI=1S/C16H25BrFN5O2Si/c1-26(2,3)7-6-25-9-23-16-12(14(17)22-23)15(19-8-20-16)21-11-5-4-10(18)13(11)24/h8,10-11,13,24H,4-7,9H2,1-3H3,(H,19,20,21)/t10-,11?,13+/m0/s1. The van der Waals surface area contributed by atoms with Gasteiger partial charge in [0.25, 0.3) is 0 Å². The van der Waals surface area contributed by atoms with Crippen molar-refractivity contribution < 1.29 is 14.2 Å². The van der Waals surface area contributed by atoms with Crippen molar-refractivity contribution in [2.45, 2.75) is 63.6 Å². The van der Waals surface area contributed by atoms with Crippen molar-refractivity contribution in [2.75, 3.05) is 11.9 Å². The lowest BCUT2D eigenvalue weighted by molar-refractivity contribution is 0.0810. The van der Waals surface area contributed by atoms with Crippen LogP contribution < -0.4 is 5.32 Å². The quantitative estimate of drug-likeness (QED) is 0.502. The first-order valence-electron chi connectivity index (χ1n) is 8.80. The average Bonchev–Trinajstić information content (AvgIpc) is 3.06. The zero-order chi connectivity index (χ0) is 18.9. The molecule has 0 aliphatic heterocycles. The SMILES string of the molecule is C[Si](C)(C)CCOCn1nc(Br)c2c(NC3CC[C@H](F)[C@H]3O)ncnc21. The molecule has 2 aromatic rings. The molecule has 2 N–H and O–H groups in total. The van der Waals surface area contributed by atoms with Crippen LogP contribution in [0.2, 0.25) is 25.7 Å². The van der Waals surface area contributed by atoms with Gasteiger partial charge in [0.05, 0.1) is 11.4 Å². The van der Waals surface area contributed by atoms with E-state index >= 15 is 0 Å². The molecule has 1 fully saturated rings. The van der Waals surface area contributed by atoms with E-state index in [2.05, 4.69) is 56.0 Å². The summed E-state index contributed by atoms with van der Waals surface area (Å²) >= 11 is 3.45. The largest absolute Gasteiger partial charge is 0.388 e. The summed E-state index contributed by atoms with van der Waals surface area (Å²) in [6.07, 6.45) is 0.109. The molecule has 0 saturated heterocycles. The number of aliphatic hydroxyl groups is 1. The Kier molecular flexibility index (Phi) is 5.95. The van der Waals surface area contributed by atoms with Gasteiger partial charge in [-0.1, -0.05) is 19.6 Å². The smallest absolute Gasteiger partial charge is 0.166 e. The highest BCUT2D eigenvalue weighted by atomic mass is 79.9. The molecule has 1 aliphatic rings. The third-order valence-electron chi connectivity index (χ3n) is 4.55. The van der Waals surface area contributed by atoms with Crippen LogP contribution in [-0.2, 0) is 11.5 Å². The minimum Gasteiger partial charge on any atom is -0.388 e. The van der Waals surface area contributed by atoms with E-state index in [1.54, 1.807) is 4.68 Å². The molecule has 2 aromatic heterocycles. The summed E-state index contributed by atoms with van der Waals surface area (Å²) in [5.41, 5.74) is 0.631. The zero-order valence-electron chi connectivity index (χ0n) is 15.2. The number of aliphatic hydroxyl groups excluding tert-OH is 1. The van der Waals surface area contributed by atoms with Crippen molar-refractivity contribution in [1.82, 2.24) is 19.7 Å². The molecular weight excluding hydrogens is 421 g/mol. The summed E-state index contributed by atoms with van der Waals surface area (Å²) in [5.74, 6) is 0.536. The monoisotopic (exact) mass is 445 g/mol. The first-order valence-corrected chi connectivity index (χ1v) is 13.3. The molecule has 0 radical (unpaired) electrons. The van der Waals surface area contributed by atoms with Crippen LogP contribution in [0, 0.1) is 0 Å². The molecule has 10 heteroatoms. The van der Waals surface area contributed by atoms with E-state index in [4.69, 9.17) is 4.74 Å². The van der Waals surface area contributed by atoms with Crippen molar-refractivity contribution in [2.24, 2.45) is 0 Å². The molecule has 1 saturated carbocycles. The Balaban J connectivity index is 1.75. The topological polar surface area (TPSA) is 85.1 Å². The van der Waals surface area contributed by atoms with E-state index in [0.717, 1.165) is 6.04 Å². The second-order valence-corrected chi connectivity index (χ2v) is 14.3. The van der Waals surface area contributed by atoms with Crippen LogP contribution in [0.1, 0.15) is 12.8 Å². The van der Waals surface area contributed by atoms with Gasteiger partial charge in [0.15, 0.2) is 5.65 Å². The lowest BCUT2D eigenvalue weighted by atomic mass is 10.2. The van der Waals surface area contributed by atoms with E-state index in [9.17, 15) is 9.50 Å². The van der Waals surface area contributed by atoms with Crippen molar-refractivity contribution in [3.05, 3.63) is 10.9 Å². The van der Waals surface area contributed by atoms with Gasteiger partial charge in [-0.05, 0) is 34.8 Å². The summed E-state index contributed by atoms with van der Waals surface area (Å²) in [5, 5.41) is 18.2. The van der Waals surface area contributed by atoms with Gasteiger partial charge in [-0.15, -0.1) is 0 Å². The summed E-state index contributed by atoms with van der Waals surface area (Å²) in [7, 11) is -1.14. The molecule has 0 aromatic carbocycles. The second-order valence-electron chi connectivity index (χ2n) is 7.89. The number of nitrogens with zero attached hydrogens (tertiary/aromatic N) is 4. The Morgan fingerprint density at radius 2 is 2.15 bits per heavy atom. The zero-order valence-corrected chi connectivity index (χ0v) is 17.8. The van der Waals surface area contributed by atoms with Crippen LogP contribution >= 0.6 is 15.9 Å². The van der Waals surface area contributed by atoms with Gasteiger partial charge < -0.3 is 15.2 Å². The minimum absolute atomic E-state index is 0.307. The Morgan fingerprint density at radius 1 is 1.38 bits per heavy atom. The Hall–Kier alpha value is -1.10. The summed E-state index contributed by atoms with van der Waals surface area (Å²) in [6, 6.07) is 0.713. The number of hydrogen-bond donors (Lipinski definition) is 2.